The SMILES string of the molecule is Cc1cccc(Cl)c1C(=O)C1CC(C)(C)C=C1c1ccccc1. The molecular formula is C21H21ClO. The van der Waals surface area contributed by atoms with Gasteiger partial charge in [-0.2, -0.15) is 0 Å². The number of carbonyl (C=O) groups is 1. The summed E-state index contributed by atoms with van der Waals surface area (Å²) < 4.78 is 0. The lowest BCUT2D eigenvalue weighted by Gasteiger charge is -2.19. The van der Waals surface area contributed by atoms with Crippen molar-refractivity contribution in [3.8, 4) is 0 Å². The Morgan fingerprint density at radius 2 is 1.78 bits per heavy atom. The number of halogens is 1. The minimum Gasteiger partial charge on any atom is -0.293 e. The third-order valence-corrected chi connectivity index (χ3v) is 4.86. The van der Waals surface area contributed by atoms with Crippen molar-refractivity contribution in [3.05, 3.63) is 76.3 Å². The fourth-order valence-corrected chi connectivity index (χ4v) is 3.80. The molecule has 0 amide bonds. The highest BCUT2D eigenvalue weighted by molar-refractivity contribution is 6.34. The van der Waals surface area contributed by atoms with Crippen LogP contribution in [0.25, 0.3) is 5.57 Å². The fourth-order valence-electron chi connectivity index (χ4n) is 3.48. The van der Waals surface area contributed by atoms with Gasteiger partial charge in [-0.1, -0.05) is 74.0 Å². The van der Waals surface area contributed by atoms with Gasteiger partial charge >= 0.3 is 0 Å². The van der Waals surface area contributed by atoms with Crippen LogP contribution < -0.4 is 0 Å². The van der Waals surface area contributed by atoms with Gasteiger partial charge in [0.15, 0.2) is 5.78 Å². The van der Waals surface area contributed by atoms with Crippen LogP contribution in [0.4, 0.5) is 0 Å². The summed E-state index contributed by atoms with van der Waals surface area (Å²) in [6.07, 6.45) is 3.07. The van der Waals surface area contributed by atoms with Gasteiger partial charge < -0.3 is 0 Å². The molecule has 0 radical (unpaired) electrons. The monoisotopic (exact) mass is 324 g/mol. The molecular weight excluding hydrogens is 304 g/mol. The molecule has 2 aromatic rings. The van der Waals surface area contributed by atoms with Crippen molar-refractivity contribution in [2.75, 3.05) is 0 Å². The molecule has 118 valence electrons. The molecule has 1 nitrogen and oxygen atoms in total. The predicted octanol–water partition coefficient (Wildman–Crippen LogP) is 5.96. The summed E-state index contributed by atoms with van der Waals surface area (Å²) in [5, 5.41) is 0.548. The molecule has 0 saturated heterocycles. The molecule has 23 heavy (non-hydrogen) atoms. The molecule has 0 saturated carbocycles. The molecule has 2 aromatic carbocycles. The third-order valence-electron chi connectivity index (χ3n) is 4.54. The lowest BCUT2D eigenvalue weighted by Crippen LogP contribution is -2.18. The number of carbonyl (C=O) groups excluding carboxylic acids is 1. The van der Waals surface area contributed by atoms with E-state index in [-0.39, 0.29) is 17.1 Å². The minimum atomic E-state index is -0.133. The molecule has 1 aliphatic rings. The number of ketones is 1. The van der Waals surface area contributed by atoms with Crippen LogP contribution in [0.5, 0.6) is 0 Å². The summed E-state index contributed by atoms with van der Waals surface area (Å²) in [4.78, 5) is 13.2. The summed E-state index contributed by atoms with van der Waals surface area (Å²) in [6.45, 7) is 6.32. The zero-order valence-electron chi connectivity index (χ0n) is 13.8. The number of rotatable bonds is 3. The lowest BCUT2D eigenvalue weighted by atomic mass is 9.83. The van der Waals surface area contributed by atoms with Crippen LogP contribution >= 0.6 is 11.6 Å². The minimum absolute atomic E-state index is 0.0145. The molecule has 0 heterocycles. The molecule has 0 fully saturated rings. The number of benzene rings is 2. The van der Waals surface area contributed by atoms with Gasteiger partial charge in [0.2, 0.25) is 0 Å². The van der Waals surface area contributed by atoms with Crippen LogP contribution in [-0.4, -0.2) is 5.78 Å². The zero-order valence-corrected chi connectivity index (χ0v) is 14.5. The first-order chi connectivity index (χ1) is 10.9. The van der Waals surface area contributed by atoms with Crippen LogP contribution in [0.1, 0.15) is 41.8 Å². The van der Waals surface area contributed by atoms with E-state index < -0.39 is 0 Å². The van der Waals surface area contributed by atoms with E-state index in [0.29, 0.717) is 10.6 Å². The second kappa shape index (κ2) is 5.98. The van der Waals surface area contributed by atoms with E-state index in [4.69, 9.17) is 11.6 Å². The van der Waals surface area contributed by atoms with Crippen molar-refractivity contribution in [3.63, 3.8) is 0 Å². The van der Waals surface area contributed by atoms with Crippen molar-refractivity contribution in [1.29, 1.82) is 0 Å². The van der Waals surface area contributed by atoms with Crippen molar-refractivity contribution in [2.24, 2.45) is 11.3 Å². The smallest absolute Gasteiger partial charge is 0.172 e. The van der Waals surface area contributed by atoms with E-state index in [1.165, 1.54) is 0 Å². The van der Waals surface area contributed by atoms with E-state index >= 15 is 0 Å². The maximum absolute atomic E-state index is 13.2. The second-order valence-electron chi connectivity index (χ2n) is 7.01. The van der Waals surface area contributed by atoms with Gasteiger partial charge in [-0.25, -0.2) is 0 Å². The van der Waals surface area contributed by atoms with Crippen molar-refractivity contribution >= 4 is 23.0 Å². The van der Waals surface area contributed by atoms with Gasteiger partial charge in [0.25, 0.3) is 0 Å². The molecule has 3 rings (SSSR count). The van der Waals surface area contributed by atoms with Crippen molar-refractivity contribution in [1.82, 2.24) is 0 Å². The predicted molar refractivity (Wildman–Crippen MR) is 96.8 cm³/mol. The van der Waals surface area contributed by atoms with Crippen LogP contribution in [0.15, 0.2) is 54.6 Å². The van der Waals surface area contributed by atoms with Gasteiger partial charge in [-0.3, -0.25) is 4.79 Å². The van der Waals surface area contributed by atoms with Crippen LogP contribution in [-0.2, 0) is 0 Å². The Kier molecular flexibility index (Phi) is 4.16. The van der Waals surface area contributed by atoms with Gasteiger partial charge in [0, 0.05) is 11.5 Å². The topological polar surface area (TPSA) is 17.1 Å². The number of hydrogen-bond acceptors (Lipinski definition) is 1. The molecule has 0 aromatic heterocycles. The largest absolute Gasteiger partial charge is 0.293 e. The quantitative estimate of drug-likeness (QED) is 0.636. The summed E-state index contributed by atoms with van der Waals surface area (Å²) >= 11 is 6.33. The zero-order chi connectivity index (χ0) is 16.6. The summed E-state index contributed by atoms with van der Waals surface area (Å²) in [6, 6.07) is 15.8. The molecule has 1 atom stereocenters. The Bertz CT molecular complexity index is 751. The van der Waals surface area contributed by atoms with Crippen LogP contribution in [0.3, 0.4) is 0 Å². The standard InChI is InChI=1S/C21H21ClO/c1-14-8-7-11-18(22)19(14)20(23)17-13-21(2,3)12-16(17)15-9-5-4-6-10-15/h4-12,17H,13H2,1-3H3. The van der Waals surface area contributed by atoms with E-state index in [1.807, 2.05) is 37.3 Å². The van der Waals surface area contributed by atoms with Crippen LogP contribution in [0.2, 0.25) is 5.02 Å². The Labute approximate surface area is 143 Å². The van der Waals surface area contributed by atoms with Gasteiger partial charge in [0.1, 0.15) is 0 Å². The number of hydrogen-bond donors (Lipinski definition) is 0. The molecule has 0 spiro atoms. The summed E-state index contributed by atoms with van der Waals surface area (Å²) in [5.41, 5.74) is 3.88. The number of aryl methyl sites for hydroxylation is 1. The second-order valence-corrected chi connectivity index (χ2v) is 7.41. The summed E-state index contributed by atoms with van der Waals surface area (Å²) in [7, 11) is 0. The van der Waals surface area contributed by atoms with Crippen LogP contribution in [0, 0.1) is 18.3 Å². The maximum Gasteiger partial charge on any atom is 0.172 e. The van der Waals surface area contributed by atoms with Gasteiger partial charge in [0.05, 0.1) is 5.02 Å². The average molecular weight is 325 g/mol. The Balaban J connectivity index is 2.05. The van der Waals surface area contributed by atoms with E-state index in [9.17, 15) is 4.79 Å². The molecule has 0 bridgehead atoms. The Morgan fingerprint density at radius 1 is 1.09 bits per heavy atom. The fraction of sp³-hybridized carbons (Fsp3) is 0.286. The summed E-state index contributed by atoms with van der Waals surface area (Å²) in [5.74, 6) is -0.000205. The van der Waals surface area contributed by atoms with E-state index in [0.717, 1.165) is 23.1 Å². The van der Waals surface area contributed by atoms with Gasteiger partial charge in [-0.05, 0) is 41.5 Å². The highest BCUT2D eigenvalue weighted by Crippen LogP contribution is 2.46. The average Bonchev–Trinajstić information content (AvgIpc) is 2.84. The highest BCUT2D eigenvalue weighted by atomic mass is 35.5. The Morgan fingerprint density at radius 3 is 2.43 bits per heavy atom. The first-order valence-electron chi connectivity index (χ1n) is 7.96. The molecule has 2 heteroatoms. The number of allylic oxidation sites excluding steroid dienone is 2. The molecule has 0 aliphatic heterocycles. The first-order valence-corrected chi connectivity index (χ1v) is 8.34. The van der Waals surface area contributed by atoms with Gasteiger partial charge in [-0.15, -0.1) is 0 Å². The first kappa shape index (κ1) is 16.0. The molecule has 1 unspecified atom stereocenters. The lowest BCUT2D eigenvalue weighted by molar-refractivity contribution is 0.0937. The van der Waals surface area contributed by atoms with E-state index in [2.05, 4.69) is 32.1 Å². The Hall–Kier alpha value is -1.86. The third kappa shape index (κ3) is 3.11. The van der Waals surface area contributed by atoms with Crippen molar-refractivity contribution < 1.29 is 4.79 Å². The number of Topliss-reactive ketones (excluding diaryl/α,β-unsaturated/α-hetero) is 1. The molecule has 1 aliphatic carbocycles. The molecule has 0 N–H and O–H groups in total. The maximum atomic E-state index is 13.2. The highest BCUT2D eigenvalue weighted by Gasteiger charge is 2.37. The normalized spacial score (nSPS) is 19.5. The van der Waals surface area contributed by atoms with E-state index in [1.54, 1.807) is 6.07 Å². The van der Waals surface area contributed by atoms with Crippen molar-refractivity contribution in [2.45, 2.75) is 27.2 Å².